The second kappa shape index (κ2) is 2.86. The van der Waals surface area contributed by atoms with E-state index in [0.29, 0.717) is 5.56 Å². The molecule has 0 radical (unpaired) electrons. The van der Waals surface area contributed by atoms with Crippen LogP contribution in [0.25, 0.3) is 10.9 Å². The lowest BCUT2D eigenvalue weighted by Crippen LogP contribution is -2.10. The predicted molar refractivity (Wildman–Crippen MR) is 52.4 cm³/mol. The molecule has 2 rings (SSSR count). The molecule has 1 aromatic carbocycles. The van der Waals surface area contributed by atoms with Gasteiger partial charge in [0.05, 0.1) is 5.52 Å². The van der Waals surface area contributed by atoms with E-state index in [1.54, 1.807) is 18.3 Å². The van der Waals surface area contributed by atoms with Crippen LogP contribution in [0.1, 0.15) is 11.8 Å². The molecule has 1 heterocycles. The summed E-state index contributed by atoms with van der Waals surface area (Å²) in [6.45, 7) is 0. The van der Waals surface area contributed by atoms with Crippen LogP contribution >= 0.6 is 0 Å². The molecule has 0 spiro atoms. The number of benzene rings is 1. The van der Waals surface area contributed by atoms with Crippen molar-refractivity contribution in [3.8, 4) is 0 Å². The molecule has 0 saturated heterocycles. The van der Waals surface area contributed by atoms with E-state index >= 15 is 0 Å². The molecular formula is C10H10N2O. The molecular weight excluding hydrogens is 164 g/mol. The Morgan fingerprint density at radius 2 is 2.23 bits per heavy atom. The van der Waals surface area contributed by atoms with Crippen molar-refractivity contribution < 1.29 is 6.22 Å². The minimum absolute atomic E-state index is 0. The van der Waals surface area contributed by atoms with Gasteiger partial charge in [0.2, 0.25) is 5.91 Å². The van der Waals surface area contributed by atoms with E-state index in [0.717, 1.165) is 10.9 Å². The Labute approximate surface area is 76.7 Å². The van der Waals surface area contributed by atoms with E-state index in [9.17, 15) is 4.79 Å². The predicted octanol–water partition coefficient (Wildman–Crippen LogP) is 1.58. The number of aromatic nitrogens is 1. The average molecular weight is 174 g/mol. The van der Waals surface area contributed by atoms with Gasteiger partial charge in [0.25, 0.3) is 0 Å². The Morgan fingerprint density at radius 3 is 3.00 bits per heavy atom. The first-order valence-electron chi connectivity index (χ1n) is 3.92. The first-order chi connectivity index (χ1) is 6.27. The maximum absolute atomic E-state index is 10.8. The minimum Gasteiger partial charge on any atom is -0.366 e. The Morgan fingerprint density at radius 1 is 1.38 bits per heavy atom. The smallest absolute Gasteiger partial charge is 0.248 e. The number of nitrogens with zero attached hydrogens (tertiary/aromatic N) is 1. The van der Waals surface area contributed by atoms with Gasteiger partial charge in [0.15, 0.2) is 0 Å². The van der Waals surface area contributed by atoms with Gasteiger partial charge in [-0.05, 0) is 18.2 Å². The third kappa shape index (κ3) is 1.36. The monoisotopic (exact) mass is 174 g/mol. The van der Waals surface area contributed by atoms with Crippen LogP contribution < -0.4 is 5.73 Å². The fourth-order valence-corrected chi connectivity index (χ4v) is 1.22. The van der Waals surface area contributed by atoms with Crippen LogP contribution in [0.4, 0.5) is 0 Å². The van der Waals surface area contributed by atoms with E-state index in [2.05, 4.69) is 4.98 Å². The van der Waals surface area contributed by atoms with Crippen molar-refractivity contribution in [1.82, 2.24) is 4.98 Å². The van der Waals surface area contributed by atoms with Crippen molar-refractivity contribution in [2.75, 3.05) is 0 Å². The zero-order valence-corrected chi connectivity index (χ0v) is 6.90. The lowest BCUT2D eigenvalue weighted by molar-refractivity contribution is 0.100. The Bertz CT molecular complexity index is 470. The SMILES string of the molecule is NC(=O)c1ccc2cccnc2c1.[HH]. The summed E-state index contributed by atoms with van der Waals surface area (Å²) in [6, 6.07) is 9.02. The lowest BCUT2D eigenvalue weighted by atomic mass is 10.1. The molecule has 0 unspecified atom stereocenters. The van der Waals surface area contributed by atoms with Crippen LogP contribution in [0.3, 0.4) is 0 Å². The zero-order chi connectivity index (χ0) is 9.26. The number of carbonyl (C=O) groups excluding carboxylic acids is 1. The number of primary amides is 1. The third-order valence-corrected chi connectivity index (χ3v) is 1.89. The summed E-state index contributed by atoms with van der Waals surface area (Å²) in [7, 11) is 0. The van der Waals surface area contributed by atoms with Crippen molar-refractivity contribution >= 4 is 16.8 Å². The van der Waals surface area contributed by atoms with Crippen LogP contribution in [0.2, 0.25) is 0 Å². The standard InChI is InChI=1S/C10H8N2O.H2/c11-10(13)8-4-3-7-2-1-5-12-9(7)6-8;/h1-6H,(H2,11,13);1H. The molecule has 2 N–H and O–H groups in total. The number of rotatable bonds is 1. The highest BCUT2D eigenvalue weighted by Crippen LogP contribution is 2.12. The van der Waals surface area contributed by atoms with Crippen molar-refractivity contribution in [3.05, 3.63) is 42.1 Å². The van der Waals surface area contributed by atoms with Gasteiger partial charge in [-0.2, -0.15) is 0 Å². The molecule has 1 aromatic heterocycles. The normalized spacial score (nSPS) is 10.2. The topological polar surface area (TPSA) is 56.0 Å². The summed E-state index contributed by atoms with van der Waals surface area (Å²) in [5.74, 6) is -0.424. The first kappa shape index (κ1) is 7.73. The highest BCUT2D eigenvalue weighted by Gasteiger charge is 2.00. The molecule has 0 aliphatic carbocycles. The molecule has 0 fully saturated rings. The molecule has 66 valence electrons. The summed E-state index contributed by atoms with van der Waals surface area (Å²) in [4.78, 5) is 15.0. The molecule has 13 heavy (non-hydrogen) atoms. The van der Waals surface area contributed by atoms with Crippen LogP contribution in [-0.4, -0.2) is 10.9 Å². The molecule has 0 saturated carbocycles. The molecule has 3 nitrogen and oxygen atoms in total. The van der Waals surface area contributed by atoms with Gasteiger partial charge in [0.1, 0.15) is 0 Å². The van der Waals surface area contributed by atoms with E-state index in [-0.39, 0.29) is 1.43 Å². The molecule has 0 aliphatic heterocycles. The van der Waals surface area contributed by atoms with E-state index in [4.69, 9.17) is 5.73 Å². The first-order valence-corrected chi connectivity index (χ1v) is 3.92. The quantitative estimate of drug-likeness (QED) is 0.713. The van der Waals surface area contributed by atoms with Gasteiger partial charge < -0.3 is 5.73 Å². The number of fused-ring (bicyclic) bond motifs is 1. The average Bonchev–Trinajstić information content (AvgIpc) is 2.17. The molecule has 1 amide bonds. The maximum atomic E-state index is 10.8. The minimum atomic E-state index is -0.424. The maximum Gasteiger partial charge on any atom is 0.248 e. The lowest BCUT2D eigenvalue weighted by Gasteiger charge is -1.98. The fourth-order valence-electron chi connectivity index (χ4n) is 1.22. The van der Waals surface area contributed by atoms with Crippen LogP contribution in [-0.2, 0) is 0 Å². The number of amides is 1. The largest absolute Gasteiger partial charge is 0.366 e. The van der Waals surface area contributed by atoms with Gasteiger partial charge in [-0.1, -0.05) is 12.1 Å². The number of pyridine rings is 1. The van der Waals surface area contributed by atoms with Crippen LogP contribution in [0, 0.1) is 0 Å². The number of hydrogen-bond donors (Lipinski definition) is 1. The zero-order valence-electron chi connectivity index (χ0n) is 6.90. The second-order valence-corrected chi connectivity index (χ2v) is 2.78. The molecule has 2 aromatic rings. The van der Waals surface area contributed by atoms with Crippen LogP contribution in [0.5, 0.6) is 0 Å². The number of nitrogens with two attached hydrogens (primary N) is 1. The number of carbonyl (C=O) groups is 1. The van der Waals surface area contributed by atoms with Gasteiger partial charge >= 0.3 is 0 Å². The van der Waals surface area contributed by atoms with E-state index < -0.39 is 5.91 Å². The fraction of sp³-hybridized carbons (Fsp3) is 0. The van der Waals surface area contributed by atoms with Crippen molar-refractivity contribution in [3.63, 3.8) is 0 Å². The summed E-state index contributed by atoms with van der Waals surface area (Å²) in [5, 5.41) is 1.01. The Hall–Kier alpha value is -1.90. The summed E-state index contributed by atoms with van der Waals surface area (Å²) in [5.41, 5.74) is 6.42. The highest BCUT2D eigenvalue weighted by atomic mass is 16.1. The van der Waals surface area contributed by atoms with Crippen LogP contribution in [0.15, 0.2) is 36.5 Å². The molecule has 0 bridgehead atoms. The summed E-state index contributed by atoms with van der Waals surface area (Å²) < 4.78 is 0. The van der Waals surface area contributed by atoms with Gasteiger partial charge in [-0.25, -0.2) is 0 Å². The second-order valence-electron chi connectivity index (χ2n) is 2.78. The summed E-state index contributed by atoms with van der Waals surface area (Å²) in [6.07, 6.45) is 1.69. The van der Waals surface area contributed by atoms with Gasteiger partial charge in [-0.15, -0.1) is 0 Å². The number of hydrogen-bond acceptors (Lipinski definition) is 2. The Balaban J connectivity index is 0.000000980. The van der Waals surface area contributed by atoms with E-state index in [1.807, 2.05) is 18.2 Å². The Kier molecular flexibility index (Phi) is 1.70. The van der Waals surface area contributed by atoms with Gasteiger partial charge in [-0.3, -0.25) is 9.78 Å². The molecule has 0 aliphatic rings. The van der Waals surface area contributed by atoms with Crippen molar-refractivity contribution in [2.45, 2.75) is 0 Å². The molecule has 0 atom stereocenters. The van der Waals surface area contributed by atoms with Crippen molar-refractivity contribution in [2.24, 2.45) is 5.73 Å². The van der Waals surface area contributed by atoms with E-state index in [1.165, 1.54) is 0 Å². The summed E-state index contributed by atoms with van der Waals surface area (Å²) >= 11 is 0. The van der Waals surface area contributed by atoms with Crippen molar-refractivity contribution in [1.29, 1.82) is 0 Å². The highest BCUT2D eigenvalue weighted by molar-refractivity contribution is 5.96. The molecule has 3 heteroatoms. The van der Waals surface area contributed by atoms with Gasteiger partial charge in [0, 0.05) is 18.6 Å². The third-order valence-electron chi connectivity index (χ3n) is 1.89.